The van der Waals surface area contributed by atoms with E-state index in [-0.39, 0.29) is 28.3 Å². The van der Waals surface area contributed by atoms with Crippen molar-refractivity contribution in [2.75, 3.05) is 10.2 Å². The molecule has 3 heterocycles. The van der Waals surface area contributed by atoms with Gasteiger partial charge in [0.1, 0.15) is 11.8 Å². The highest BCUT2D eigenvalue weighted by molar-refractivity contribution is 9.10. The molecule has 3 aromatic carbocycles. The number of imide groups is 1. The van der Waals surface area contributed by atoms with Crippen LogP contribution in [-0.2, 0) is 20.9 Å². The Kier molecular flexibility index (Phi) is 7.94. The Morgan fingerprint density at radius 3 is 2.20 bits per heavy atom. The number of amides is 3. The van der Waals surface area contributed by atoms with Crippen LogP contribution in [0, 0.1) is 5.92 Å². The number of carbonyl (C=O) groups is 3. The van der Waals surface area contributed by atoms with Crippen LogP contribution < -0.4 is 15.1 Å². The number of halogens is 4. The summed E-state index contributed by atoms with van der Waals surface area (Å²) in [6, 6.07) is 19.2. The zero-order valence-electron chi connectivity index (χ0n) is 20.6. The summed E-state index contributed by atoms with van der Waals surface area (Å²) in [5, 5.41) is 3.12. The second kappa shape index (κ2) is 11.3. The minimum Gasteiger partial charge on any atom is -0.324 e. The quantitative estimate of drug-likeness (QED) is 0.219. The molecule has 3 atom stereocenters. The molecule has 6 rings (SSSR count). The third-order valence-corrected chi connectivity index (χ3v) is 11.3. The van der Waals surface area contributed by atoms with Crippen molar-refractivity contribution in [2.45, 2.75) is 22.7 Å². The topological polar surface area (TPSA) is 88.5 Å². The van der Waals surface area contributed by atoms with E-state index in [1.54, 1.807) is 36.4 Å². The minimum atomic E-state index is -0.773. The van der Waals surface area contributed by atoms with E-state index in [2.05, 4.69) is 37.2 Å². The fourth-order valence-electron chi connectivity index (χ4n) is 5.05. The molecule has 1 aromatic heterocycles. The number of rotatable bonds is 5. The van der Waals surface area contributed by atoms with Gasteiger partial charge in [-0.3, -0.25) is 23.7 Å². The lowest BCUT2D eigenvalue weighted by molar-refractivity contribution is -0.122. The van der Waals surface area contributed by atoms with Crippen molar-refractivity contribution in [3.63, 3.8) is 0 Å². The molecule has 1 saturated heterocycles. The fourth-order valence-corrected chi connectivity index (χ4v) is 8.65. The van der Waals surface area contributed by atoms with Crippen LogP contribution in [0.25, 0.3) is 0 Å². The van der Waals surface area contributed by atoms with E-state index >= 15 is 0 Å². The Morgan fingerprint density at radius 1 is 0.878 bits per heavy atom. The average molecular weight is 754 g/mol. The Labute approximate surface area is 269 Å². The van der Waals surface area contributed by atoms with E-state index in [1.165, 1.54) is 27.3 Å². The second-order valence-corrected chi connectivity index (χ2v) is 14.2. The van der Waals surface area contributed by atoms with Crippen LogP contribution in [0.3, 0.4) is 0 Å². The number of nitrogens with one attached hydrogen (secondary N) is 1. The maximum atomic E-state index is 13.9. The molecule has 0 spiro atoms. The van der Waals surface area contributed by atoms with Gasteiger partial charge in [-0.15, -0.1) is 0 Å². The highest BCUT2D eigenvalue weighted by atomic mass is 79.9. The predicted molar refractivity (Wildman–Crippen MR) is 169 cm³/mol. The third kappa shape index (κ3) is 5.32. The van der Waals surface area contributed by atoms with Gasteiger partial charge in [0.15, 0.2) is 0 Å². The van der Waals surface area contributed by atoms with Crippen molar-refractivity contribution in [1.82, 2.24) is 4.57 Å². The third-order valence-electron chi connectivity index (χ3n) is 6.87. The largest absolute Gasteiger partial charge is 0.324 e. The molecule has 13 heteroatoms. The number of nitrogens with zero attached hydrogens (tertiary/aromatic N) is 2. The molecule has 2 aliphatic rings. The van der Waals surface area contributed by atoms with Crippen molar-refractivity contribution < 1.29 is 14.4 Å². The van der Waals surface area contributed by atoms with Crippen LogP contribution in [-0.4, -0.2) is 27.5 Å². The molecule has 2 unspecified atom stereocenters. The molecule has 0 radical (unpaired) electrons. The standard InChI is InChI=1S/C28H17Br2Cl2N3O4S2/c29-14-3-1-13(2-4-14)21-22-23(26(38)35(25(22)37)17-8-5-15(30)6-9-17)40-27-24(21)41-28(39)34(27)12-20(36)33-16-7-10-18(31)19(32)11-16/h1-11,21-23H,12H2,(H,33,36)/t21-,22?,23?/m1/s1. The Hall–Kier alpha value is -2.41. The molecule has 0 bridgehead atoms. The zero-order chi connectivity index (χ0) is 29.0. The number of carbonyl (C=O) groups excluding carboxylic acids is 3. The zero-order valence-corrected chi connectivity index (χ0v) is 27.0. The number of benzene rings is 3. The smallest absolute Gasteiger partial charge is 0.308 e. The number of aromatic nitrogens is 1. The van der Waals surface area contributed by atoms with Gasteiger partial charge in [0.25, 0.3) is 0 Å². The number of thioether (sulfide) groups is 1. The molecule has 1 N–H and O–H groups in total. The maximum Gasteiger partial charge on any atom is 0.308 e. The van der Waals surface area contributed by atoms with Gasteiger partial charge >= 0.3 is 4.87 Å². The lowest BCUT2D eigenvalue weighted by atomic mass is 9.83. The predicted octanol–water partition coefficient (Wildman–Crippen LogP) is 7.18. The van der Waals surface area contributed by atoms with Gasteiger partial charge in [-0.2, -0.15) is 0 Å². The summed E-state index contributed by atoms with van der Waals surface area (Å²) in [7, 11) is 0. The SMILES string of the molecule is O=C(Cn1c2c(sc1=O)[C@H](c1ccc(Br)cc1)C1C(=O)N(c3ccc(Br)cc3)C(=O)C1S2)Nc1ccc(Cl)c(Cl)c1. The highest BCUT2D eigenvalue weighted by Gasteiger charge is 2.56. The van der Waals surface area contributed by atoms with E-state index in [0.29, 0.717) is 26.3 Å². The molecule has 4 aromatic rings. The number of thiazole rings is 1. The summed E-state index contributed by atoms with van der Waals surface area (Å²) in [6.07, 6.45) is 0. The summed E-state index contributed by atoms with van der Waals surface area (Å²) in [4.78, 5) is 55.6. The first-order valence-corrected chi connectivity index (χ1v) is 16.2. The normalized spacial score (nSPS) is 19.7. The lowest BCUT2D eigenvalue weighted by Crippen LogP contribution is -2.33. The van der Waals surface area contributed by atoms with Crippen LogP contribution in [0.2, 0.25) is 10.0 Å². The van der Waals surface area contributed by atoms with Crippen molar-refractivity contribution in [1.29, 1.82) is 0 Å². The van der Waals surface area contributed by atoms with Gasteiger partial charge in [0, 0.05) is 25.4 Å². The van der Waals surface area contributed by atoms with Gasteiger partial charge in [-0.05, 0) is 60.2 Å². The molecule has 41 heavy (non-hydrogen) atoms. The molecule has 208 valence electrons. The van der Waals surface area contributed by atoms with E-state index in [4.69, 9.17) is 23.2 Å². The van der Waals surface area contributed by atoms with Crippen LogP contribution in [0.15, 0.2) is 85.5 Å². The molecule has 0 aliphatic carbocycles. The number of anilines is 2. The molecule has 3 amide bonds. The average Bonchev–Trinajstić information content (AvgIpc) is 3.38. The molecular formula is C28H17Br2Cl2N3O4S2. The highest BCUT2D eigenvalue weighted by Crippen LogP contribution is 2.54. The molecule has 1 fully saturated rings. The van der Waals surface area contributed by atoms with Gasteiger partial charge in [-0.25, -0.2) is 4.90 Å². The molecule has 0 saturated carbocycles. The fraction of sp³-hybridized carbons (Fsp3) is 0.143. The van der Waals surface area contributed by atoms with Gasteiger partial charge < -0.3 is 5.32 Å². The summed E-state index contributed by atoms with van der Waals surface area (Å²) in [5.41, 5.74) is 1.72. The van der Waals surface area contributed by atoms with Crippen LogP contribution in [0.1, 0.15) is 16.4 Å². The summed E-state index contributed by atoms with van der Waals surface area (Å²) < 4.78 is 3.06. The summed E-state index contributed by atoms with van der Waals surface area (Å²) in [5.74, 6) is -2.39. The van der Waals surface area contributed by atoms with E-state index in [0.717, 1.165) is 25.8 Å². The number of hydrogen-bond donors (Lipinski definition) is 1. The minimum absolute atomic E-state index is 0.277. The molecule has 2 aliphatic heterocycles. The first kappa shape index (κ1) is 28.7. The number of fused-ring (bicyclic) bond motifs is 2. The summed E-state index contributed by atoms with van der Waals surface area (Å²) in [6.45, 7) is -0.277. The van der Waals surface area contributed by atoms with Gasteiger partial charge in [-0.1, -0.05) is 90.3 Å². The van der Waals surface area contributed by atoms with Crippen LogP contribution in [0.4, 0.5) is 11.4 Å². The lowest BCUT2D eigenvalue weighted by Gasteiger charge is -2.30. The first-order valence-electron chi connectivity index (χ1n) is 12.2. The molecular weight excluding hydrogens is 737 g/mol. The Balaban J connectivity index is 1.40. The van der Waals surface area contributed by atoms with Crippen molar-refractivity contribution in [2.24, 2.45) is 5.92 Å². The number of hydrogen-bond acceptors (Lipinski definition) is 6. The van der Waals surface area contributed by atoms with Crippen LogP contribution >= 0.6 is 78.2 Å². The first-order chi connectivity index (χ1) is 19.6. The van der Waals surface area contributed by atoms with Crippen molar-refractivity contribution in [3.8, 4) is 0 Å². The second-order valence-electron chi connectivity index (χ2n) is 9.38. The monoisotopic (exact) mass is 751 g/mol. The maximum absolute atomic E-state index is 13.9. The molecule has 7 nitrogen and oxygen atoms in total. The van der Waals surface area contributed by atoms with Crippen molar-refractivity contribution in [3.05, 3.63) is 106 Å². The van der Waals surface area contributed by atoms with E-state index in [9.17, 15) is 19.2 Å². The Morgan fingerprint density at radius 2 is 1.54 bits per heavy atom. The van der Waals surface area contributed by atoms with Crippen molar-refractivity contribution >= 4 is 107 Å². The Bertz CT molecular complexity index is 1780. The van der Waals surface area contributed by atoms with Crippen LogP contribution in [0.5, 0.6) is 0 Å². The van der Waals surface area contributed by atoms with Gasteiger partial charge in [0.05, 0.1) is 26.7 Å². The summed E-state index contributed by atoms with van der Waals surface area (Å²) >= 11 is 21.1. The van der Waals surface area contributed by atoms with Gasteiger partial charge in [0.2, 0.25) is 17.7 Å². The van der Waals surface area contributed by atoms with E-state index in [1.807, 2.05) is 24.3 Å². The van der Waals surface area contributed by atoms with E-state index < -0.39 is 23.0 Å².